The molecule has 0 amide bonds. The van der Waals surface area contributed by atoms with Crippen LogP contribution in [0.2, 0.25) is 0 Å². The van der Waals surface area contributed by atoms with E-state index in [9.17, 15) is 9.90 Å². The average molecular weight is 310 g/mol. The molecule has 118 valence electrons. The normalized spacial score (nSPS) is 10.9. The molecule has 2 heterocycles. The lowest BCUT2D eigenvalue weighted by Crippen LogP contribution is -2.02. The number of nitrogens with zero attached hydrogens (tertiary/aromatic N) is 2. The minimum atomic E-state index is -0.957. The van der Waals surface area contributed by atoms with Gasteiger partial charge in [0.15, 0.2) is 0 Å². The van der Waals surface area contributed by atoms with Crippen molar-refractivity contribution in [3.63, 3.8) is 0 Å². The first-order chi connectivity index (χ1) is 11.2. The van der Waals surface area contributed by atoms with E-state index in [1.54, 1.807) is 19.5 Å². The molecule has 0 bridgehead atoms. The van der Waals surface area contributed by atoms with Gasteiger partial charge in [0, 0.05) is 12.4 Å². The van der Waals surface area contributed by atoms with Crippen molar-refractivity contribution >= 4 is 16.9 Å². The average Bonchev–Trinajstić information content (AvgIpc) is 2.95. The highest BCUT2D eigenvalue weighted by atomic mass is 16.5. The Bertz CT molecular complexity index is 854. The molecule has 0 saturated carbocycles. The number of hydrogen-bond acceptors (Lipinski definition) is 3. The summed E-state index contributed by atoms with van der Waals surface area (Å²) < 4.78 is 7.34. The number of aromatic carboxylic acids is 1. The standard InChI is InChI=1S/C18H18N2O3/c1-3-12-7-8-15(23-2)16-14(18(21)22)11-20(17(12)16)10-13-6-4-5-9-19-13/h4-9,11H,3,10H2,1-2H3,(H,21,22). The Hall–Kier alpha value is -2.82. The molecule has 1 N–H and O–H groups in total. The zero-order valence-corrected chi connectivity index (χ0v) is 13.1. The smallest absolute Gasteiger partial charge is 0.338 e. The maximum absolute atomic E-state index is 11.7. The largest absolute Gasteiger partial charge is 0.496 e. The molecule has 0 aliphatic heterocycles. The van der Waals surface area contributed by atoms with Crippen LogP contribution in [0.3, 0.4) is 0 Å². The third-order valence-corrected chi connectivity index (χ3v) is 3.95. The Labute approximate surface area is 134 Å². The Morgan fingerprint density at radius 1 is 1.30 bits per heavy atom. The van der Waals surface area contributed by atoms with Gasteiger partial charge in [-0.1, -0.05) is 19.1 Å². The van der Waals surface area contributed by atoms with Crippen molar-refractivity contribution in [1.29, 1.82) is 0 Å². The van der Waals surface area contributed by atoms with Crippen molar-refractivity contribution in [2.45, 2.75) is 19.9 Å². The fourth-order valence-corrected chi connectivity index (χ4v) is 2.90. The monoisotopic (exact) mass is 310 g/mol. The fourth-order valence-electron chi connectivity index (χ4n) is 2.90. The van der Waals surface area contributed by atoms with Crippen LogP contribution in [-0.4, -0.2) is 27.7 Å². The topological polar surface area (TPSA) is 64.3 Å². The molecule has 5 heteroatoms. The van der Waals surface area contributed by atoms with Gasteiger partial charge in [0.05, 0.1) is 35.8 Å². The van der Waals surface area contributed by atoms with Crippen LogP contribution in [0.5, 0.6) is 5.75 Å². The SMILES string of the molecule is CCc1ccc(OC)c2c(C(=O)O)cn(Cc3ccccn3)c12. The van der Waals surface area contributed by atoms with Crippen LogP contribution in [0.4, 0.5) is 0 Å². The summed E-state index contributed by atoms with van der Waals surface area (Å²) in [4.78, 5) is 16.0. The lowest BCUT2D eigenvalue weighted by molar-refractivity contribution is 0.0698. The summed E-state index contributed by atoms with van der Waals surface area (Å²) in [5, 5.41) is 10.2. The molecular formula is C18H18N2O3. The Kier molecular flexibility index (Phi) is 4.02. The van der Waals surface area contributed by atoms with Gasteiger partial charge in [0.1, 0.15) is 5.75 Å². The molecule has 0 saturated heterocycles. The molecule has 2 aromatic heterocycles. The summed E-state index contributed by atoms with van der Waals surface area (Å²) in [6.45, 7) is 2.57. The molecule has 0 radical (unpaired) electrons. The number of fused-ring (bicyclic) bond motifs is 1. The Morgan fingerprint density at radius 2 is 2.13 bits per heavy atom. The van der Waals surface area contributed by atoms with Crippen molar-refractivity contribution in [2.75, 3.05) is 7.11 Å². The van der Waals surface area contributed by atoms with E-state index in [0.29, 0.717) is 17.7 Å². The first-order valence-corrected chi connectivity index (χ1v) is 7.47. The number of aryl methyl sites for hydroxylation is 1. The number of carboxylic acids is 1. The van der Waals surface area contributed by atoms with Gasteiger partial charge in [0.2, 0.25) is 0 Å². The second-order valence-electron chi connectivity index (χ2n) is 5.30. The maximum atomic E-state index is 11.7. The molecular weight excluding hydrogens is 292 g/mol. The first-order valence-electron chi connectivity index (χ1n) is 7.47. The van der Waals surface area contributed by atoms with E-state index < -0.39 is 5.97 Å². The highest BCUT2D eigenvalue weighted by Gasteiger charge is 2.20. The Balaban J connectivity index is 2.27. The van der Waals surface area contributed by atoms with Crippen molar-refractivity contribution in [2.24, 2.45) is 0 Å². The lowest BCUT2D eigenvalue weighted by Gasteiger charge is -2.10. The van der Waals surface area contributed by atoms with Gasteiger partial charge in [0.25, 0.3) is 0 Å². The predicted octanol–water partition coefficient (Wildman–Crippen LogP) is 3.35. The van der Waals surface area contributed by atoms with Crippen LogP contribution < -0.4 is 4.74 Å². The first kappa shape index (κ1) is 15.1. The van der Waals surface area contributed by atoms with E-state index in [0.717, 1.165) is 23.2 Å². The highest BCUT2D eigenvalue weighted by molar-refractivity contribution is 6.07. The van der Waals surface area contributed by atoms with Crippen LogP contribution >= 0.6 is 0 Å². The molecule has 1 aromatic carbocycles. The van der Waals surface area contributed by atoms with Crippen LogP contribution in [0, 0.1) is 0 Å². The van der Waals surface area contributed by atoms with Gasteiger partial charge in [-0.2, -0.15) is 0 Å². The summed E-state index contributed by atoms with van der Waals surface area (Å²) in [6, 6.07) is 9.53. The third-order valence-electron chi connectivity index (χ3n) is 3.95. The molecule has 0 aliphatic carbocycles. The third kappa shape index (κ3) is 2.65. The zero-order valence-electron chi connectivity index (χ0n) is 13.1. The molecule has 0 unspecified atom stereocenters. The van der Waals surface area contributed by atoms with E-state index in [2.05, 4.69) is 11.9 Å². The van der Waals surface area contributed by atoms with E-state index >= 15 is 0 Å². The highest BCUT2D eigenvalue weighted by Crippen LogP contribution is 2.34. The summed E-state index contributed by atoms with van der Waals surface area (Å²) in [5.41, 5.74) is 3.12. The minimum absolute atomic E-state index is 0.253. The van der Waals surface area contributed by atoms with Gasteiger partial charge in [-0.3, -0.25) is 4.98 Å². The van der Waals surface area contributed by atoms with Crippen molar-refractivity contribution in [1.82, 2.24) is 9.55 Å². The number of aromatic nitrogens is 2. The quantitative estimate of drug-likeness (QED) is 0.785. The van der Waals surface area contributed by atoms with E-state index in [4.69, 9.17) is 4.74 Å². The molecule has 0 spiro atoms. The molecule has 0 fully saturated rings. The molecule has 0 aliphatic rings. The van der Waals surface area contributed by atoms with E-state index in [1.807, 2.05) is 34.9 Å². The molecule has 5 nitrogen and oxygen atoms in total. The fraction of sp³-hybridized carbons (Fsp3) is 0.222. The number of carboxylic acid groups (broad SMARTS) is 1. The summed E-state index contributed by atoms with van der Waals surface area (Å²) in [6.07, 6.45) is 4.22. The minimum Gasteiger partial charge on any atom is -0.496 e. The zero-order chi connectivity index (χ0) is 16.4. The van der Waals surface area contributed by atoms with Crippen LogP contribution in [0.15, 0.2) is 42.7 Å². The summed E-state index contributed by atoms with van der Waals surface area (Å²) in [5.74, 6) is -0.379. The number of pyridine rings is 1. The van der Waals surface area contributed by atoms with Gasteiger partial charge in [-0.05, 0) is 30.2 Å². The van der Waals surface area contributed by atoms with Crippen molar-refractivity contribution in [3.8, 4) is 5.75 Å². The summed E-state index contributed by atoms with van der Waals surface area (Å²) in [7, 11) is 1.56. The number of carbonyl (C=O) groups is 1. The van der Waals surface area contributed by atoms with Gasteiger partial charge in [-0.25, -0.2) is 4.79 Å². The second-order valence-corrected chi connectivity index (χ2v) is 5.30. The Morgan fingerprint density at radius 3 is 2.74 bits per heavy atom. The maximum Gasteiger partial charge on any atom is 0.338 e. The number of rotatable bonds is 5. The van der Waals surface area contributed by atoms with Gasteiger partial charge < -0.3 is 14.4 Å². The number of methoxy groups -OCH3 is 1. The summed E-state index contributed by atoms with van der Waals surface area (Å²) >= 11 is 0. The van der Waals surface area contributed by atoms with Crippen molar-refractivity contribution < 1.29 is 14.6 Å². The molecule has 0 atom stereocenters. The van der Waals surface area contributed by atoms with E-state index in [1.165, 1.54) is 0 Å². The van der Waals surface area contributed by atoms with Gasteiger partial charge in [-0.15, -0.1) is 0 Å². The molecule has 3 rings (SSSR count). The van der Waals surface area contributed by atoms with Crippen LogP contribution in [-0.2, 0) is 13.0 Å². The van der Waals surface area contributed by atoms with E-state index in [-0.39, 0.29) is 5.56 Å². The van der Waals surface area contributed by atoms with Crippen LogP contribution in [0.25, 0.3) is 10.9 Å². The van der Waals surface area contributed by atoms with Crippen molar-refractivity contribution in [3.05, 3.63) is 59.5 Å². The number of benzene rings is 1. The second kappa shape index (κ2) is 6.12. The van der Waals surface area contributed by atoms with Gasteiger partial charge >= 0.3 is 5.97 Å². The molecule has 23 heavy (non-hydrogen) atoms. The number of ether oxygens (including phenoxy) is 1. The van der Waals surface area contributed by atoms with Crippen LogP contribution in [0.1, 0.15) is 28.5 Å². The predicted molar refractivity (Wildman–Crippen MR) is 88.2 cm³/mol. The molecule has 3 aromatic rings. The number of hydrogen-bond donors (Lipinski definition) is 1. The lowest BCUT2D eigenvalue weighted by atomic mass is 10.1.